The zero-order valence-corrected chi connectivity index (χ0v) is 9.79. The molecule has 1 aromatic rings. The minimum Gasteiger partial charge on any atom is -0.872 e. The molecule has 0 aliphatic heterocycles. The van der Waals surface area contributed by atoms with Crippen molar-refractivity contribution in [3.63, 3.8) is 0 Å². The molecule has 1 rings (SSSR count). The molecule has 0 bridgehead atoms. The largest absolute Gasteiger partial charge is 0.872 e. The fraction of sp³-hybridized carbons (Fsp3) is 0.455. The predicted octanol–water partition coefficient (Wildman–Crippen LogP) is 1.69. The first-order valence-corrected chi connectivity index (χ1v) is 5.07. The van der Waals surface area contributed by atoms with Crippen molar-refractivity contribution in [3.8, 4) is 5.75 Å². The van der Waals surface area contributed by atoms with Crippen molar-refractivity contribution in [2.24, 2.45) is 0 Å². The van der Waals surface area contributed by atoms with Crippen LogP contribution >= 0.6 is 11.6 Å². The Bertz CT molecular complexity index is 231. The molecule has 80 valence electrons. The van der Waals surface area contributed by atoms with Gasteiger partial charge in [-0.15, -0.1) is 17.4 Å². The quantitative estimate of drug-likeness (QED) is 0.544. The summed E-state index contributed by atoms with van der Waals surface area (Å²) in [5.74, 6) is 0.825. The standard InChI is InChI=1S/C6H6O.C5H13ClN/c7-6-4-2-1-3-5-6;1-7(2,3)5-4-6/h1-5,7H;4-5H2,1-3H3/q;+1/p-1. The third kappa shape index (κ3) is 9.36. The van der Waals surface area contributed by atoms with Crippen LogP contribution in [0.5, 0.6) is 5.75 Å². The number of para-hydroxylation sites is 1. The lowest BCUT2D eigenvalue weighted by atomic mass is 10.3. The van der Waals surface area contributed by atoms with Crippen molar-refractivity contribution < 1.29 is 9.59 Å². The van der Waals surface area contributed by atoms with Crippen molar-refractivity contribution >= 4 is 11.6 Å². The Morgan fingerprint density at radius 1 is 1.14 bits per heavy atom. The second-order valence-corrected chi connectivity index (χ2v) is 4.39. The molecule has 0 heterocycles. The number of hydrogen-bond acceptors (Lipinski definition) is 1. The maximum absolute atomic E-state index is 10.3. The third-order valence-corrected chi connectivity index (χ3v) is 1.67. The monoisotopic (exact) mass is 215 g/mol. The van der Waals surface area contributed by atoms with Crippen LogP contribution in [0.1, 0.15) is 0 Å². The Kier molecular flexibility index (Phi) is 6.34. The van der Waals surface area contributed by atoms with Gasteiger partial charge in [-0.3, -0.25) is 0 Å². The van der Waals surface area contributed by atoms with Gasteiger partial charge >= 0.3 is 0 Å². The first-order valence-electron chi connectivity index (χ1n) is 4.54. The van der Waals surface area contributed by atoms with E-state index in [1.807, 2.05) is 6.07 Å². The van der Waals surface area contributed by atoms with E-state index in [-0.39, 0.29) is 5.75 Å². The summed E-state index contributed by atoms with van der Waals surface area (Å²) in [4.78, 5) is 0. The molecule has 1 aromatic carbocycles. The van der Waals surface area contributed by atoms with Crippen LogP contribution in [0.4, 0.5) is 0 Å². The highest BCUT2D eigenvalue weighted by Crippen LogP contribution is 1.98. The molecular weight excluding hydrogens is 198 g/mol. The molecule has 0 aliphatic carbocycles. The second kappa shape index (κ2) is 6.68. The van der Waals surface area contributed by atoms with E-state index in [0.29, 0.717) is 0 Å². The number of benzene rings is 1. The summed E-state index contributed by atoms with van der Waals surface area (Å²) >= 11 is 5.47. The van der Waals surface area contributed by atoms with Gasteiger partial charge < -0.3 is 9.59 Å². The van der Waals surface area contributed by atoms with Gasteiger partial charge in [0.15, 0.2) is 0 Å². The zero-order valence-electron chi connectivity index (χ0n) is 9.03. The summed E-state index contributed by atoms with van der Waals surface area (Å²) < 4.78 is 0.962. The van der Waals surface area contributed by atoms with Gasteiger partial charge in [0.1, 0.15) is 0 Å². The lowest BCUT2D eigenvalue weighted by molar-refractivity contribution is -0.867. The van der Waals surface area contributed by atoms with Crippen molar-refractivity contribution in [2.75, 3.05) is 33.6 Å². The molecule has 0 saturated carbocycles. The minimum absolute atomic E-state index is 0.0718. The smallest absolute Gasteiger partial charge is 0.0918 e. The molecule has 2 nitrogen and oxygen atoms in total. The number of halogens is 1. The highest BCUT2D eigenvalue weighted by Gasteiger charge is 2.02. The summed E-state index contributed by atoms with van der Waals surface area (Å²) in [6.45, 7) is 1.04. The number of hydrogen-bond donors (Lipinski definition) is 0. The molecule has 0 aromatic heterocycles. The summed E-state index contributed by atoms with van der Waals surface area (Å²) in [6.07, 6.45) is 0. The first kappa shape index (κ1) is 13.3. The van der Waals surface area contributed by atoms with Gasteiger partial charge in [-0.1, -0.05) is 30.3 Å². The van der Waals surface area contributed by atoms with Gasteiger partial charge in [-0.05, 0) is 0 Å². The van der Waals surface area contributed by atoms with Crippen LogP contribution in [0.3, 0.4) is 0 Å². The maximum Gasteiger partial charge on any atom is 0.0918 e. The van der Waals surface area contributed by atoms with Gasteiger partial charge in [0.2, 0.25) is 0 Å². The topological polar surface area (TPSA) is 23.1 Å². The van der Waals surface area contributed by atoms with Crippen LogP contribution in [-0.4, -0.2) is 38.1 Å². The Hall–Kier alpha value is -0.730. The van der Waals surface area contributed by atoms with Crippen LogP contribution in [0.25, 0.3) is 0 Å². The van der Waals surface area contributed by atoms with E-state index in [9.17, 15) is 5.11 Å². The van der Waals surface area contributed by atoms with Crippen LogP contribution in [0.15, 0.2) is 30.3 Å². The average molecular weight is 216 g/mol. The first-order chi connectivity index (χ1) is 6.45. The number of rotatable bonds is 2. The highest BCUT2D eigenvalue weighted by molar-refractivity contribution is 6.17. The summed E-state index contributed by atoms with van der Waals surface area (Å²) in [6, 6.07) is 8.33. The van der Waals surface area contributed by atoms with Crippen LogP contribution in [0.2, 0.25) is 0 Å². The molecule has 3 heteroatoms. The molecule has 0 fully saturated rings. The maximum atomic E-state index is 10.3. The third-order valence-electron chi connectivity index (χ3n) is 1.50. The number of nitrogens with zero attached hydrogens (tertiary/aromatic N) is 1. The molecule has 0 unspecified atom stereocenters. The molecule has 0 saturated heterocycles. The molecule has 0 radical (unpaired) electrons. The molecule has 0 spiro atoms. The fourth-order valence-electron chi connectivity index (χ4n) is 0.674. The molecular formula is C11H18ClNO. The minimum atomic E-state index is 0.0718. The van der Waals surface area contributed by atoms with E-state index < -0.39 is 0 Å². The predicted molar refractivity (Wildman–Crippen MR) is 59.5 cm³/mol. The van der Waals surface area contributed by atoms with E-state index in [4.69, 9.17) is 11.6 Å². The normalized spacial score (nSPS) is 10.3. The van der Waals surface area contributed by atoms with Gasteiger partial charge in [0.25, 0.3) is 0 Å². The van der Waals surface area contributed by atoms with Gasteiger partial charge in [0.05, 0.1) is 33.6 Å². The van der Waals surface area contributed by atoms with Gasteiger partial charge in [-0.2, -0.15) is 0 Å². The molecule has 0 N–H and O–H groups in total. The van der Waals surface area contributed by atoms with E-state index >= 15 is 0 Å². The van der Waals surface area contributed by atoms with Crippen LogP contribution in [0, 0.1) is 0 Å². The summed E-state index contributed by atoms with van der Waals surface area (Å²) in [5, 5.41) is 10.3. The van der Waals surface area contributed by atoms with Crippen molar-refractivity contribution in [1.29, 1.82) is 0 Å². The Morgan fingerprint density at radius 2 is 1.64 bits per heavy atom. The Labute approximate surface area is 91.3 Å². The lowest BCUT2D eigenvalue weighted by Gasteiger charge is -2.21. The SMILES string of the molecule is C[N+](C)(C)CCCl.[O-]c1ccccc1. The van der Waals surface area contributed by atoms with Crippen molar-refractivity contribution in [1.82, 2.24) is 0 Å². The second-order valence-electron chi connectivity index (χ2n) is 4.02. The van der Waals surface area contributed by atoms with Crippen molar-refractivity contribution in [3.05, 3.63) is 30.3 Å². The Morgan fingerprint density at radius 3 is 1.79 bits per heavy atom. The summed E-state index contributed by atoms with van der Waals surface area (Å²) in [5.41, 5.74) is 0. The van der Waals surface area contributed by atoms with Crippen molar-refractivity contribution in [2.45, 2.75) is 0 Å². The molecule has 0 amide bonds. The number of alkyl halides is 1. The molecule has 0 atom stereocenters. The van der Waals surface area contributed by atoms with E-state index in [1.165, 1.54) is 12.1 Å². The van der Waals surface area contributed by atoms with E-state index in [1.54, 1.807) is 12.1 Å². The van der Waals surface area contributed by atoms with E-state index in [2.05, 4.69) is 21.1 Å². The lowest BCUT2D eigenvalue weighted by Crippen LogP contribution is -2.35. The van der Waals surface area contributed by atoms with Crippen LogP contribution < -0.4 is 5.11 Å². The van der Waals surface area contributed by atoms with Crippen LogP contribution in [-0.2, 0) is 0 Å². The van der Waals surface area contributed by atoms with Gasteiger partial charge in [0, 0.05) is 0 Å². The van der Waals surface area contributed by atoms with E-state index in [0.717, 1.165) is 16.9 Å². The highest BCUT2D eigenvalue weighted by atomic mass is 35.5. The summed E-state index contributed by atoms with van der Waals surface area (Å²) in [7, 11) is 6.38. The van der Waals surface area contributed by atoms with Gasteiger partial charge in [-0.25, -0.2) is 0 Å². The average Bonchev–Trinajstić information content (AvgIpc) is 2.04. The molecule has 0 aliphatic rings. The molecule has 14 heavy (non-hydrogen) atoms. The number of quaternary nitrogens is 1. The fourth-order valence-corrected chi connectivity index (χ4v) is 1.18. The zero-order chi connectivity index (χ0) is 11.0. The Balaban J connectivity index is 0.000000241.